The molecule has 108 valence electrons. The first-order valence-corrected chi connectivity index (χ1v) is 8.46. The fourth-order valence-corrected chi connectivity index (χ4v) is 4.61. The van der Waals surface area contributed by atoms with Crippen LogP contribution in [0.25, 0.3) is 0 Å². The number of aromatic nitrogens is 1. The Kier molecular flexibility index (Phi) is 4.54. The molecular formula is C13H17N3O2S2. The number of nitrogens with two attached hydrogens (primary N) is 1. The van der Waals surface area contributed by atoms with Gasteiger partial charge in [-0.25, -0.2) is 13.1 Å². The molecule has 1 unspecified atom stereocenters. The summed E-state index contributed by atoms with van der Waals surface area (Å²) < 4.78 is 27.4. The van der Waals surface area contributed by atoms with Gasteiger partial charge in [-0.1, -0.05) is 6.07 Å². The molecule has 0 saturated carbocycles. The van der Waals surface area contributed by atoms with Gasteiger partial charge in [-0.3, -0.25) is 4.98 Å². The fourth-order valence-electron chi connectivity index (χ4n) is 1.88. The number of sulfonamides is 1. The predicted molar refractivity (Wildman–Crippen MR) is 79.9 cm³/mol. The fraction of sp³-hybridized carbons (Fsp3) is 0.308. The summed E-state index contributed by atoms with van der Waals surface area (Å²) in [4.78, 5) is 6.05. The van der Waals surface area contributed by atoms with Crippen LogP contribution in [0.15, 0.2) is 35.4 Å². The van der Waals surface area contributed by atoms with E-state index in [1.54, 1.807) is 38.2 Å². The summed E-state index contributed by atoms with van der Waals surface area (Å²) in [6.45, 7) is 3.89. The summed E-state index contributed by atoms with van der Waals surface area (Å²) in [5.41, 5.74) is 6.24. The minimum atomic E-state index is -3.56. The second-order valence-corrected chi connectivity index (χ2v) is 7.46. The Hall–Kier alpha value is -1.28. The van der Waals surface area contributed by atoms with Crippen molar-refractivity contribution in [1.82, 2.24) is 9.71 Å². The van der Waals surface area contributed by atoms with Crippen LogP contribution in [-0.2, 0) is 16.6 Å². The molecule has 2 aromatic rings. The van der Waals surface area contributed by atoms with Crippen LogP contribution < -0.4 is 10.5 Å². The molecule has 2 heterocycles. The molecule has 0 saturated heterocycles. The van der Waals surface area contributed by atoms with E-state index in [9.17, 15) is 8.42 Å². The molecule has 1 atom stereocenters. The van der Waals surface area contributed by atoms with Crippen LogP contribution in [0.4, 0.5) is 0 Å². The van der Waals surface area contributed by atoms with Crippen molar-refractivity contribution in [3.63, 3.8) is 0 Å². The number of hydrogen-bond acceptors (Lipinski definition) is 5. The zero-order valence-electron chi connectivity index (χ0n) is 11.3. The maximum absolute atomic E-state index is 12.4. The van der Waals surface area contributed by atoms with Crippen LogP contribution in [-0.4, -0.2) is 13.4 Å². The molecule has 0 radical (unpaired) electrons. The summed E-state index contributed by atoms with van der Waals surface area (Å²) in [5, 5.41) is 0. The smallest absolute Gasteiger partial charge is 0.242 e. The maximum atomic E-state index is 12.4. The van der Waals surface area contributed by atoms with Gasteiger partial charge in [0.05, 0.1) is 16.6 Å². The number of aryl methyl sites for hydroxylation is 1. The highest BCUT2D eigenvalue weighted by atomic mass is 32.2. The van der Waals surface area contributed by atoms with Gasteiger partial charge in [-0.15, -0.1) is 11.3 Å². The monoisotopic (exact) mass is 311 g/mol. The molecule has 5 nitrogen and oxygen atoms in total. The highest BCUT2D eigenvalue weighted by Crippen LogP contribution is 2.26. The van der Waals surface area contributed by atoms with Gasteiger partial charge in [0.2, 0.25) is 10.0 Å². The molecule has 0 aromatic carbocycles. The average Bonchev–Trinajstić information content (AvgIpc) is 2.81. The summed E-state index contributed by atoms with van der Waals surface area (Å²) >= 11 is 1.40. The summed E-state index contributed by atoms with van der Waals surface area (Å²) in [6.07, 6.45) is 1.64. The van der Waals surface area contributed by atoms with Crippen molar-refractivity contribution in [3.05, 3.63) is 45.9 Å². The molecule has 2 rings (SSSR count). The lowest BCUT2D eigenvalue weighted by Gasteiger charge is -2.13. The van der Waals surface area contributed by atoms with Crippen molar-refractivity contribution in [2.75, 3.05) is 0 Å². The van der Waals surface area contributed by atoms with E-state index in [0.717, 1.165) is 9.75 Å². The van der Waals surface area contributed by atoms with E-state index >= 15 is 0 Å². The topological polar surface area (TPSA) is 85.1 Å². The van der Waals surface area contributed by atoms with Crippen molar-refractivity contribution >= 4 is 21.4 Å². The average molecular weight is 311 g/mol. The number of thiophene rings is 1. The van der Waals surface area contributed by atoms with Gasteiger partial charge >= 0.3 is 0 Å². The molecule has 0 spiro atoms. The summed E-state index contributed by atoms with van der Waals surface area (Å²) in [6, 6.07) is 6.66. The Morgan fingerprint density at radius 1 is 1.45 bits per heavy atom. The first kappa shape index (κ1) is 15.1. The van der Waals surface area contributed by atoms with Gasteiger partial charge in [0.25, 0.3) is 0 Å². The van der Waals surface area contributed by atoms with E-state index in [1.807, 2.05) is 6.07 Å². The number of rotatable bonds is 5. The number of nitrogens with zero attached hydrogens (tertiary/aromatic N) is 1. The molecule has 0 fully saturated rings. The third-order valence-electron chi connectivity index (χ3n) is 2.88. The number of nitrogens with one attached hydrogen (secondary N) is 1. The van der Waals surface area contributed by atoms with Gasteiger partial charge < -0.3 is 5.73 Å². The van der Waals surface area contributed by atoms with Gasteiger partial charge in [0.15, 0.2) is 0 Å². The van der Waals surface area contributed by atoms with Crippen LogP contribution >= 0.6 is 11.3 Å². The molecule has 20 heavy (non-hydrogen) atoms. The normalized spacial score (nSPS) is 13.3. The predicted octanol–water partition coefficient (Wildman–Crippen LogP) is 1.95. The van der Waals surface area contributed by atoms with E-state index in [4.69, 9.17) is 5.73 Å². The summed E-state index contributed by atoms with van der Waals surface area (Å²) in [5.74, 6) is 0. The molecule has 0 aliphatic heterocycles. The molecular weight excluding hydrogens is 294 g/mol. The maximum Gasteiger partial charge on any atom is 0.242 e. The lowest BCUT2D eigenvalue weighted by Crippen LogP contribution is -2.27. The highest BCUT2D eigenvalue weighted by Gasteiger charge is 2.22. The summed E-state index contributed by atoms with van der Waals surface area (Å²) in [7, 11) is -3.56. The Morgan fingerprint density at radius 3 is 2.75 bits per heavy atom. The molecule has 3 N–H and O–H groups in total. The van der Waals surface area contributed by atoms with Crippen LogP contribution in [0.1, 0.15) is 28.4 Å². The van der Waals surface area contributed by atoms with Crippen molar-refractivity contribution in [2.24, 2.45) is 5.73 Å². The van der Waals surface area contributed by atoms with E-state index in [0.29, 0.717) is 17.1 Å². The van der Waals surface area contributed by atoms with E-state index in [-0.39, 0.29) is 6.04 Å². The van der Waals surface area contributed by atoms with Crippen LogP contribution in [0, 0.1) is 6.92 Å². The lowest BCUT2D eigenvalue weighted by atomic mass is 10.2. The zero-order valence-corrected chi connectivity index (χ0v) is 13.0. The van der Waals surface area contributed by atoms with Crippen molar-refractivity contribution in [3.8, 4) is 0 Å². The van der Waals surface area contributed by atoms with Gasteiger partial charge in [0.1, 0.15) is 0 Å². The quantitative estimate of drug-likeness (QED) is 0.884. The first-order valence-electron chi connectivity index (χ1n) is 6.16. The Balaban J connectivity index is 2.25. The third kappa shape index (κ3) is 3.24. The van der Waals surface area contributed by atoms with Crippen molar-refractivity contribution in [1.29, 1.82) is 0 Å². The minimum Gasteiger partial charge on any atom is -0.326 e. The molecule has 2 aromatic heterocycles. The van der Waals surface area contributed by atoms with Crippen molar-refractivity contribution < 1.29 is 8.42 Å². The van der Waals surface area contributed by atoms with Gasteiger partial charge in [-0.05, 0) is 32.0 Å². The van der Waals surface area contributed by atoms with Gasteiger partial charge in [0, 0.05) is 22.5 Å². The zero-order chi connectivity index (χ0) is 14.8. The molecule has 0 bridgehead atoms. The van der Waals surface area contributed by atoms with Gasteiger partial charge in [-0.2, -0.15) is 0 Å². The standard InChI is InChI=1S/C13H17N3O2S2/c1-9(12-5-3-4-6-15-12)16-20(17,18)13-7-11(8-14)19-10(13)2/h3-7,9,16H,8,14H2,1-2H3. The second-order valence-electron chi connectivity index (χ2n) is 4.43. The lowest BCUT2D eigenvalue weighted by molar-refractivity contribution is 0.564. The first-order chi connectivity index (χ1) is 9.44. The van der Waals surface area contributed by atoms with Crippen LogP contribution in [0.2, 0.25) is 0 Å². The van der Waals surface area contributed by atoms with Crippen molar-refractivity contribution in [2.45, 2.75) is 31.3 Å². The second kappa shape index (κ2) is 6.01. The van der Waals surface area contributed by atoms with E-state index in [1.165, 1.54) is 11.3 Å². The largest absolute Gasteiger partial charge is 0.326 e. The Labute approximate surface area is 122 Å². The highest BCUT2D eigenvalue weighted by molar-refractivity contribution is 7.89. The molecule has 0 aliphatic rings. The minimum absolute atomic E-state index is 0.297. The van der Waals surface area contributed by atoms with Crippen LogP contribution in [0.5, 0.6) is 0 Å². The molecule has 0 aliphatic carbocycles. The SMILES string of the molecule is Cc1sc(CN)cc1S(=O)(=O)NC(C)c1ccccn1. The Morgan fingerprint density at radius 2 is 2.20 bits per heavy atom. The van der Waals surface area contributed by atoms with E-state index in [2.05, 4.69) is 9.71 Å². The molecule has 7 heteroatoms. The molecule has 0 amide bonds. The van der Waals surface area contributed by atoms with E-state index < -0.39 is 10.0 Å². The Bertz CT molecular complexity index is 681. The van der Waals surface area contributed by atoms with Crippen LogP contribution in [0.3, 0.4) is 0 Å². The number of pyridine rings is 1. The number of hydrogen-bond donors (Lipinski definition) is 2. The third-order valence-corrected chi connectivity index (χ3v) is 5.75.